The van der Waals surface area contributed by atoms with E-state index in [2.05, 4.69) is 10.6 Å². The van der Waals surface area contributed by atoms with Gasteiger partial charge in [0.25, 0.3) is 5.91 Å². The molecule has 1 heterocycles. The molecule has 0 unspecified atom stereocenters. The van der Waals surface area contributed by atoms with E-state index in [9.17, 15) is 14.4 Å². The average molecular weight is 391 g/mol. The second-order valence-corrected chi connectivity index (χ2v) is 7.08. The highest BCUT2D eigenvalue weighted by Gasteiger charge is 2.18. The van der Waals surface area contributed by atoms with E-state index >= 15 is 0 Å². The van der Waals surface area contributed by atoms with Crippen molar-refractivity contribution >= 4 is 52.5 Å². The fourth-order valence-corrected chi connectivity index (χ4v) is 3.39. The topological polar surface area (TPSA) is 84.5 Å². The van der Waals surface area contributed by atoms with Crippen LogP contribution in [0.2, 0.25) is 5.02 Å². The van der Waals surface area contributed by atoms with Crippen molar-refractivity contribution in [3.05, 3.63) is 52.5 Å². The van der Waals surface area contributed by atoms with E-state index in [1.54, 1.807) is 36.4 Å². The van der Waals surface area contributed by atoms with Gasteiger partial charge in [0.2, 0.25) is 5.91 Å². The van der Waals surface area contributed by atoms with Crippen molar-refractivity contribution in [1.29, 1.82) is 0 Å². The summed E-state index contributed by atoms with van der Waals surface area (Å²) in [4.78, 5) is 36.4. The lowest BCUT2D eigenvalue weighted by Crippen LogP contribution is -2.22. The van der Waals surface area contributed by atoms with Crippen molar-refractivity contribution in [3.63, 3.8) is 0 Å². The predicted molar refractivity (Wildman–Crippen MR) is 101 cm³/mol. The summed E-state index contributed by atoms with van der Waals surface area (Å²) in [6, 6.07) is 9.96. The van der Waals surface area contributed by atoms with Crippen LogP contribution in [-0.2, 0) is 14.3 Å². The van der Waals surface area contributed by atoms with Gasteiger partial charge in [0.05, 0.1) is 17.0 Å². The number of aryl methyl sites for hydroxylation is 1. The molecule has 0 bridgehead atoms. The fourth-order valence-electron chi connectivity index (χ4n) is 2.38. The highest BCUT2D eigenvalue weighted by molar-refractivity contribution is 8.00. The number of halogens is 1. The highest BCUT2D eigenvalue weighted by Crippen LogP contribution is 2.32. The monoisotopic (exact) mass is 390 g/mol. The zero-order valence-corrected chi connectivity index (χ0v) is 15.4. The Kier molecular flexibility index (Phi) is 5.49. The van der Waals surface area contributed by atoms with E-state index in [0.29, 0.717) is 22.2 Å². The first-order chi connectivity index (χ1) is 12.4. The SMILES string of the molecule is Cc1cc(Cl)ccc1NC(=O)COC(=O)c1ccc2c(c1)NC(=O)CS2. The van der Waals surface area contributed by atoms with Gasteiger partial charge in [0.1, 0.15) is 0 Å². The van der Waals surface area contributed by atoms with Crippen LogP contribution in [0.5, 0.6) is 0 Å². The molecular weight excluding hydrogens is 376 g/mol. The number of fused-ring (bicyclic) bond motifs is 1. The maximum absolute atomic E-state index is 12.1. The molecule has 3 rings (SSSR count). The van der Waals surface area contributed by atoms with E-state index in [1.165, 1.54) is 11.8 Å². The van der Waals surface area contributed by atoms with Crippen molar-refractivity contribution in [2.75, 3.05) is 23.0 Å². The molecule has 2 N–H and O–H groups in total. The maximum atomic E-state index is 12.1. The number of ether oxygens (including phenoxy) is 1. The number of benzene rings is 2. The smallest absolute Gasteiger partial charge is 0.338 e. The largest absolute Gasteiger partial charge is 0.452 e. The maximum Gasteiger partial charge on any atom is 0.338 e. The Bertz CT molecular complexity index is 901. The second-order valence-electron chi connectivity index (χ2n) is 5.63. The number of nitrogens with one attached hydrogen (secondary N) is 2. The van der Waals surface area contributed by atoms with Crippen LogP contribution in [0.3, 0.4) is 0 Å². The molecule has 0 atom stereocenters. The molecule has 0 radical (unpaired) electrons. The number of carbonyl (C=O) groups excluding carboxylic acids is 3. The van der Waals surface area contributed by atoms with Gasteiger partial charge in [-0.3, -0.25) is 9.59 Å². The second kappa shape index (κ2) is 7.80. The first kappa shape index (κ1) is 18.3. The normalized spacial score (nSPS) is 12.8. The van der Waals surface area contributed by atoms with Gasteiger partial charge in [-0.1, -0.05) is 11.6 Å². The Balaban J connectivity index is 1.59. The molecule has 134 valence electrons. The van der Waals surface area contributed by atoms with E-state index in [4.69, 9.17) is 16.3 Å². The molecule has 6 nitrogen and oxygen atoms in total. The average Bonchev–Trinajstić information content (AvgIpc) is 2.61. The number of thioether (sulfide) groups is 1. The molecule has 2 aromatic rings. The van der Waals surface area contributed by atoms with Gasteiger partial charge in [-0.25, -0.2) is 4.79 Å². The minimum Gasteiger partial charge on any atom is -0.452 e. The van der Waals surface area contributed by atoms with Crippen LogP contribution >= 0.6 is 23.4 Å². The van der Waals surface area contributed by atoms with Crippen LogP contribution in [0.15, 0.2) is 41.3 Å². The number of anilines is 2. The van der Waals surface area contributed by atoms with Gasteiger partial charge >= 0.3 is 5.97 Å². The van der Waals surface area contributed by atoms with Crippen LogP contribution in [0.1, 0.15) is 15.9 Å². The van der Waals surface area contributed by atoms with Gasteiger partial charge in [0, 0.05) is 15.6 Å². The van der Waals surface area contributed by atoms with E-state index in [1.807, 2.05) is 6.92 Å². The number of rotatable bonds is 4. The number of hydrogen-bond acceptors (Lipinski definition) is 5. The molecule has 0 saturated carbocycles. The van der Waals surface area contributed by atoms with Crippen molar-refractivity contribution < 1.29 is 19.1 Å². The van der Waals surface area contributed by atoms with Crippen LogP contribution in [-0.4, -0.2) is 30.1 Å². The lowest BCUT2D eigenvalue weighted by Gasteiger charge is -2.16. The molecule has 0 saturated heterocycles. The van der Waals surface area contributed by atoms with Crippen molar-refractivity contribution in [3.8, 4) is 0 Å². The number of hydrogen-bond donors (Lipinski definition) is 2. The van der Waals surface area contributed by atoms with E-state index in [0.717, 1.165) is 10.5 Å². The lowest BCUT2D eigenvalue weighted by atomic mass is 10.2. The summed E-state index contributed by atoms with van der Waals surface area (Å²) in [6.07, 6.45) is 0. The summed E-state index contributed by atoms with van der Waals surface area (Å²) >= 11 is 7.28. The fraction of sp³-hybridized carbons (Fsp3) is 0.167. The molecule has 1 aliphatic rings. The van der Waals surface area contributed by atoms with Gasteiger partial charge in [-0.05, 0) is 48.9 Å². The third-order valence-corrected chi connectivity index (χ3v) is 4.95. The first-order valence-corrected chi connectivity index (χ1v) is 9.08. The summed E-state index contributed by atoms with van der Waals surface area (Å²) in [5.41, 5.74) is 2.24. The summed E-state index contributed by atoms with van der Waals surface area (Å²) in [6.45, 7) is 1.39. The highest BCUT2D eigenvalue weighted by atomic mass is 35.5. The number of esters is 1. The molecular formula is C18H15ClN2O4S. The molecule has 1 aliphatic heterocycles. The van der Waals surface area contributed by atoms with Crippen molar-refractivity contribution in [1.82, 2.24) is 0 Å². The van der Waals surface area contributed by atoms with Crippen LogP contribution in [0.4, 0.5) is 11.4 Å². The summed E-state index contributed by atoms with van der Waals surface area (Å²) in [5.74, 6) is -0.863. The molecule has 0 spiro atoms. The predicted octanol–water partition coefficient (Wildman–Crippen LogP) is 3.49. The van der Waals surface area contributed by atoms with Gasteiger partial charge in [0.15, 0.2) is 6.61 Å². The standard InChI is InChI=1S/C18H15ClN2O4S/c1-10-6-12(19)3-4-13(10)20-16(22)8-25-18(24)11-2-5-15-14(7-11)21-17(23)9-26-15/h2-7H,8-9H2,1H3,(H,20,22)(H,21,23). The third-order valence-electron chi connectivity index (χ3n) is 3.65. The van der Waals surface area contributed by atoms with Gasteiger partial charge < -0.3 is 15.4 Å². The Labute approximate surface area is 159 Å². The summed E-state index contributed by atoms with van der Waals surface area (Å²) < 4.78 is 5.05. The Morgan fingerprint density at radius 2 is 2.08 bits per heavy atom. The van der Waals surface area contributed by atoms with Crippen LogP contribution in [0.25, 0.3) is 0 Å². The van der Waals surface area contributed by atoms with E-state index in [-0.39, 0.29) is 11.5 Å². The number of amides is 2. The van der Waals surface area contributed by atoms with Gasteiger partial charge in [-0.2, -0.15) is 0 Å². The molecule has 2 aromatic carbocycles. The molecule has 2 amide bonds. The summed E-state index contributed by atoms with van der Waals surface area (Å²) in [5, 5.41) is 5.94. The molecule has 8 heteroatoms. The molecule has 26 heavy (non-hydrogen) atoms. The Morgan fingerprint density at radius 3 is 2.85 bits per heavy atom. The van der Waals surface area contributed by atoms with Crippen LogP contribution < -0.4 is 10.6 Å². The molecule has 0 aliphatic carbocycles. The zero-order chi connectivity index (χ0) is 18.7. The minimum absolute atomic E-state index is 0.120. The first-order valence-electron chi connectivity index (χ1n) is 7.72. The molecule has 0 aromatic heterocycles. The van der Waals surface area contributed by atoms with Crippen molar-refractivity contribution in [2.45, 2.75) is 11.8 Å². The molecule has 0 fully saturated rings. The Hall–Kier alpha value is -2.51. The number of carbonyl (C=O) groups is 3. The lowest BCUT2D eigenvalue weighted by molar-refractivity contribution is -0.119. The minimum atomic E-state index is -0.638. The van der Waals surface area contributed by atoms with Crippen LogP contribution in [0, 0.1) is 6.92 Å². The third kappa shape index (κ3) is 4.36. The Morgan fingerprint density at radius 1 is 1.27 bits per heavy atom. The van der Waals surface area contributed by atoms with E-state index < -0.39 is 18.5 Å². The quantitative estimate of drug-likeness (QED) is 0.780. The zero-order valence-electron chi connectivity index (χ0n) is 13.8. The van der Waals surface area contributed by atoms with Gasteiger partial charge in [-0.15, -0.1) is 11.8 Å². The summed E-state index contributed by atoms with van der Waals surface area (Å²) in [7, 11) is 0. The van der Waals surface area contributed by atoms with Crippen molar-refractivity contribution in [2.24, 2.45) is 0 Å².